The second-order valence-corrected chi connectivity index (χ2v) is 6.02. The molecular weight excluding hydrogens is 325 g/mol. The summed E-state index contributed by atoms with van der Waals surface area (Å²) in [5.41, 5.74) is 0. The van der Waals surface area contributed by atoms with Crippen molar-refractivity contribution in [1.29, 1.82) is 0 Å². The molecule has 0 bridgehead atoms. The lowest BCUT2D eigenvalue weighted by atomic mass is 9.97. The van der Waals surface area contributed by atoms with E-state index in [0.29, 0.717) is 11.7 Å². The molecule has 1 N–H and O–H groups in total. The smallest absolute Gasteiger partial charge is 0.408 e. The summed E-state index contributed by atoms with van der Waals surface area (Å²) in [6.07, 6.45) is -1.47. The maximum atomic E-state index is 13.1. The maximum Gasteiger partial charge on any atom is 0.408 e. The van der Waals surface area contributed by atoms with Crippen molar-refractivity contribution in [2.24, 2.45) is 0 Å². The topological polar surface area (TPSA) is 67.4 Å². The Bertz CT molecular complexity index is 580. The van der Waals surface area contributed by atoms with Gasteiger partial charge in [-0.1, -0.05) is 0 Å². The van der Waals surface area contributed by atoms with E-state index in [1.807, 2.05) is 13.8 Å². The van der Waals surface area contributed by atoms with E-state index in [1.54, 1.807) is 0 Å². The molecule has 1 fully saturated rings. The summed E-state index contributed by atoms with van der Waals surface area (Å²) >= 11 is 0. The van der Waals surface area contributed by atoms with Gasteiger partial charge in [-0.3, -0.25) is 4.79 Å². The van der Waals surface area contributed by atoms with Crippen molar-refractivity contribution >= 4 is 11.7 Å². The number of ether oxygens (including phenoxy) is 1. The number of amides is 1. The van der Waals surface area contributed by atoms with Gasteiger partial charge >= 0.3 is 6.18 Å². The number of carbonyl (C=O) groups excluding carboxylic acids is 1. The van der Waals surface area contributed by atoms with Gasteiger partial charge in [0.1, 0.15) is 6.04 Å². The Kier molecular flexibility index (Phi) is 5.51. The number of nitrogens with zero attached hydrogens (tertiary/aromatic N) is 3. The highest BCUT2D eigenvalue weighted by atomic mass is 19.4. The molecule has 2 rings (SSSR count). The molecule has 2 heterocycles. The lowest BCUT2D eigenvalue weighted by molar-refractivity contribution is -0.195. The van der Waals surface area contributed by atoms with Crippen LogP contribution in [-0.2, 0) is 4.79 Å². The number of hydrogen-bond donors (Lipinski definition) is 1. The van der Waals surface area contributed by atoms with Crippen LogP contribution in [0.25, 0.3) is 0 Å². The number of anilines is 1. The highest BCUT2D eigenvalue weighted by Crippen LogP contribution is 2.33. The van der Waals surface area contributed by atoms with Crippen LogP contribution >= 0.6 is 0 Å². The number of carbonyl (C=O) groups is 1. The van der Waals surface area contributed by atoms with Crippen LogP contribution < -0.4 is 10.1 Å². The Morgan fingerprint density at radius 2 is 2.00 bits per heavy atom. The largest absolute Gasteiger partial charge is 0.472 e. The second-order valence-electron chi connectivity index (χ2n) is 6.02. The molecule has 0 aliphatic carbocycles. The molecule has 1 aliphatic heterocycles. The molecule has 1 aliphatic rings. The third-order valence-electron chi connectivity index (χ3n) is 3.72. The normalized spacial score (nSPS) is 21.7. The first-order valence-electron chi connectivity index (χ1n) is 7.76. The van der Waals surface area contributed by atoms with E-state index in [-0.39, 0.29) is 31.5 Å². The minimum absolute atomic E-state index is 0.0444. The zero-order valence-corrected chi connectivity index (χ0v) is 13.8. The van der Waals surface area contributed by atoms with E-state index >= 15 is 0 Å². The Hall–Kier alpha value is -2.06. The first-order chi connectivity index (χ1) is 11.2. The zero-order chi connectivity index (χ0) is 17.9. The third kappa shape index (κ3) is 4.48. The van der Waals surface area contributed by atoms with Gasteiger partial charge in [0.25, 0.3) is 5.88 Å². The molecule has 134 valence electrons. The predicted molar refractivity (Wildman–Crippen MR) is 81.7 cm³/mol. The summed E-state index contributed by atoms with van der Waals surface area (Å²) in [6, 6.07) is -2.08. The van der Waals surface area contributed by atoms with Crippen LogP contribution in [-0.4, -0.2) is 51.7 Å². The van der Waals surface area contributed by atoms with Crippen LogP contribution in [0.4, 0.5) is 19.0 Å². The first kappa shape index (κ1) is 18.3. The summed E-state index contributed by atoms with van der Waals surface area (Å²) in [5.74, 6) is 0.0617. The standard InChI is InChI=1S/C15H21F3N4O2/c1-9(2)24-14-13(19-6-7-20-14)21-11-4-5-12(15(16,17)18)22(8-11)10(3)23/h6-7,9,11-12H,4-5,8H2,1-3H3,(H,19,21)/t11-,12+/m1/s1. The minimum atomic E-state index is -4.42. The summed E-state index contributed by atoms with van der Waals surface area (Å²) in [5, 5.41) is 3.05. The van der Waals surface area contributed by atoms with E-state index < -0.39 is 18.1 Å². The fraction of sp³-hybridized carbons (Fsp3) is 0.667. The van der Waals surface area contributed by atoms with Gasteiger partial charge in [-0.15, -0.1) is 0 Å². The molecule has 0 saturated carbocycles. The molecular formula is C15H21F3N4O2. The molecule has 9 heteroatoms. The third-order valence-corrected chi connectivity index (χ3v) is 3.72. The monoisotopic (exact) mass is 346 g/mol. The number of nitrogens with one attached hydrogen (secondary N) is 1. The Morgan fingerprint density at radius 1 is 1.33 bits per heavy atom. The van der Waals surface area contributed by atoms with Gasteiger partial charge in [-0.2, -0.15) is 13.2 Å². The summed E-state index contributed by atoms with van der Waals surface area (Å²) in [4.78, 5) is 20.7. The first-order valence-corrected chi connectivity index (χ1v) is 7.76. The number of aromatic nitrogens is 2. The van der Waals surface area contributed by atoms with Gasteiger partial charge in [-0.05, 0) is 26.7 Å². The molecule has 24 heavy (non-hydrogen) atoms. The van der Waals surface area contributed by atoms with Crippen LogP contribution in [0, 0.1) is 0 Å². The molecule has 6 nitrogen and oxygen atoms in total. The molecule has 1 saturated heterocycles. The van der Waals surface area contributed by atoms with E-state index in [2.05, 4.69) is 15.3 Å². The average molecular weight is 346 g/mol. The molecule has 0 aromatic carbocycles. The molecule has 1 aromatic rings. The molecule has 1 aromatic heterocycles. The summed E-state index contributed by atoms with van der Waals surface area (Å²) in [7, 11) is 0. The predicted octanol–water partition coefficient (Wildman–Crippen LogP) is 2.62. The summed E-state index contributed by atoms with van der Waals surface area (Å²) < 4.78 is 44.7. The van der Waals surface area contributed by atoms with Crippen molar-refractivity contribution in [2.75, 3.05) is 11.9 Å². The van der Waals surface area contributed by atoms with Crippen LogP contribution in [0.2, 0.25) is 0 Å². The van der Waals surface area contributed by atoms with Gasteiger partial charge in [-0.25, -0.2) is 9.97 Å². The van der Waals surface area contributed by atoms with Gasteiger partial charge in [0.15, 0.2) is 5.82 Å². The van der Waals surface area contributed by atoms with Crippen molar-refractivity contribution in [3.63, 3.8) is 0 Å². The van der Waals surface area contributed by atoms with Gasteiger partial charge in [0, 0.05) is 31.9 Å². The number of alkyl halides is 3. The lowest BCUT2D eigenvalue weighted by Crippen LogP contribution is -2.55. The van der Waals surface area contributed by atoms with Gasteiger partial charge in [0.05, 0.1) is 6.10 Å². The summed E-state index contributed by atoms with van der Waals surface area (Å²) in [6.45, 7) is 4.78. The van der Waals surface area contributed by atoms with E-state index in [1.165, 1.54) is 12.4 Å². The van der Waals surface area contributed by atoms with Crippen molar-refractivity contribution in [1.82, 2.24) is 14.9 Å². The Morgan fingerprint density at radius 3 is 2.58 bits per heavy atom. The number of hydrogen-bond acceptors (Lipinski definition) is 5. The Labute approximate surface area is 138 Å². The minimum Gasteiger partial charge on any atom is -0.472 e. The van der Waals surface area contributed by atoms with Gasteiger partial charge in [0.2, 0.25) is 5.91 Å². The van der Waals surface area contributed by atoms with Crippen molar-refractivity contribution in [3.05, 3.63) is 12.4 Å². The number of piperidine rings is 1. The van der Waals surface area contributed by atoms with Crippen LogP contribution in [0.3, 0.4) is 0 Å². The molecule has 1 amide bonds. The number of likely N-dealkylation sites (tertiary alicyclic amines) is 1. The lowest BCUT2D eigenvalue weighted by Gasteiger charge is -2.40. The zero-order valence-electron chi connectivity index (χ0n) is 13.8. The quantitative estimate of drug-likeness (QED) is 0.908. The van der Waals surface area contributed by atoms with Crippen molar-refractivity contribution in [2.45, 2.75) is 58.0 Å². The fourth-order valence-corrected chi connectivity index (χ4v) is 2.70. The molecule has 0 unspecified atom stereocenters. The van der Waals surface area contributed by atoms with E-state index in [4.69, 9.17) is 4.74 Å². The Balaban J connectivity index is 2.11. The fourth-order valence-electron chi connectivity index (χ4n) is 2.70. The highest BCUT2D eigenvalue weighted by molar-refractivity contribution is 5.74. The highest BCUT2D eigenvalue weighted by Gasteiger charge is 2.47. The van der Waals surface area contributed by atoms with Crippen molar-refractivity contribution in [3.8, 4) is 5.88 Å². The van der Waals surface area contributed by atoms with E-state index in [0.717, 1.165) is 11.8 Å². The average Bonchev–Trinajstić information content (AvgIpc) is 2.47. The van der Waals surface area contributed by atoms with Crippen LogP contribution in [0.5, 0.6) is 5.88 Å². The van der Waals surface area contributed by atoms with E-state index in [9.17, 15) is 18.0 Å². The molecule has 0 spiro atoms. The van der Waals surface area contributed by atoms with Crippen LogP contribution in [0.1, 0.15) is 33.6 Å². The SMILES string of the molecule is CC(=O)N1C[C@H](Nc2nccnc2OC(C)C)CC[C@H]1C(F)(F)F. The maximum absolute atomic E-state index is 13.1. The number of halogens is 3. The number of rotatable bonds is 4. The van der Waals surface area contributed by atoms with Gasteiger partial charge < -0.3 is 15.0 Å². The molecule has 0 radical (unpaired) electrons. The second kappa shape index (κ2) is 7.23. The van der Waals surface area contributed by atoms with Crippen LogP contribution in [0.15, 0.2) is 12.4 Å². The molecule has 2 atom stereocenters. The van der Waals surface area contributed by atoms with Crippen molar-refractivity contribution < 1.29 is 22.7 Å².